The van der Waals surface area contributed by atoms with Crippen LogP contribution in [0.4, 0.5) is 0 Å². The quantitative estimate of drug-likeness (QED) is 0.593. The zero-order valence-electron chi connectivity index (χ0n) is 8.32. The molecular formula is C8H18O5. The number of ether oxygens (including phenoxy) is 2. The molecule has 0 saturated heterocycles. The summed E-state index contributed by atoms with van der Waals surface area (Å²) in [6, 6.07) is 0. The van der Waals surface area contributed by atoms with Crippen LogP contribution in [0.15, 0.2) is 0 Å². The van der Waals surface area contributed by atoms with E-state index in [1.54, 1.807) is 7.11 Å². The molecule has 0 heterocycles. The van der Waals surface area contributed by atoms with Gasteiger partial charge in [-0.25, -0.2) is 0 Å². The van der Waals surface area contributed by atoms with Crippen LogP contribution in [-0.2, 0) is 14.3 Å². The fourth-order valence-electron chi connectivity index (χ4n) is 0.303. The van der Waals surface area contributed by atoms with Crippen LogP contribution < -0.4 is 0 Å². The van der Waals surface area contributed by atoms with Crippen LogP contribution in [0, 0.1) is 0 Å². The van der Waals surface area contributed by atoms with Crippen molar-refractivity contribution in [1.29, 1.82) is 0 Å². The Labute approximate surface area is 78.3 Å². The summed E-state index contributed by atoms with van der Waals surface area (Å²) < 4.78 is 9.45. The lowest BCUT2D eigenvalue weighted by Crippen LogP contribution is -2.15. The van der Waals surface area contributed by atoms with Gasteiger partial charge in [-0.2, -0.15) is 0 Å². The molecule has 13 heavy (non-hydrogen) atoms. The second-order valence-corrected chi connectivity index (χ2v) is 2.30. The highest BCUT2D eigenvalue weighted by molar-refractivity contribution is 5.65. The Balaban J connectivity index is 0. The number of carbonyl (C=O) groups is 1. The van der Waals surface area contributed by atoms with Gasteiger partial charge in [-0.05, 0) is 6.92 Å². The van der Waals surface area contributed by atoms with Crippen LogP contribution in [0.25, 0.3) is 0 Å². The van der Waals surface area contributed by atoms with Crippen molar-refractivity contribution < 1.29 is 24.5 Å². The average molecular weight is 194 g/mol. The summed E-state index contributed by atoms with van der Waals surface area (Å²) in [4.78, 5) is 10.2. The minimum Gasteiger partial charge on any atom is -0.463 e. The molecule has 0 aromatic carbocycles. The zero-order chi connectivity index (χ0) is 10.7. The Hall–Kier alpha value is -0.650. The molecule has 5 heteroatoms. The number of rotatable bonds is 4. The van der Waals surface area contributed by atoms with Gasteiger partial charge >= 0.3 is 5.97 Å². The molecule has 2 N–H and O–H groups in total. The molecule has 0 aromatic rings. The summed E-state index contributed by atoms with van der Waals surface area (Å²) in [6.45, 7) is 3.30. The van der Waals surface area contributed by atoms with Crippen molar-refractivity contribution in [2.24, 2.45) is 0 Å². The fourth-order valence-corrected chi connectivity index (χ4v) is 0.303. The van der Waals surface area contributed by atoms with Gasteiger partial charge in [0.25, 0.3) is 0 Å². The molecule has 5 nitrogen and oxygen atoms in total. The molecule has 80 valence electrons. The van der Waals surface area contributed by atoms with E-state index in [1.807, 2.05) is 6.92 Å². The average Bonchev–Trinajstić information content (AvgIpc) is 2.14. The molecule has 1 atom stereocenters. The first-order valence-electron chi connectivity index (χ1n) is 3.96. The van der Waals surface area contributed by atoms with Crippen LogP contribution in [0.5, 0.6) is 0 Å². The first kappa shape index (κ1) is 14.9. The van der Waals surface area contributed by atoms with Crippen LogP contribution in [0.1, 0.15) is 13.8 Å². The van der Waals surface area contributed by atoms with Gasteiger partial charge in [0.1, 0.15) is 6.61 Å². The third-order valence-corrected chi connectivity index (χ3v) is 1.02. The van der Waals surface area contributed by atoms with Gasteiger partial charge in [-0.3, -0.25) is 4.79 Å². The molecule has 0 amide bonds. The van der Waals surface area contributed by atoms with Crippen LogP contribution in [0.3, 0.4) is 0 Å². The van der Waals surface area contributed by atoms with Crippen LogP contribution in [-0.4, -0.2) is 49.2 Å². The molecule has 0 radical (unpaired) electrons. The minimum absolute atomic E-state index is 0.00565. The number of aliphatic hydroxyl groups is 2. The summed E-state index contributed by atoms with van der Waals surface area (Å²) in [5.41, 5.74) is 0. The van der Waals surface area contributed by atoms with Gasteiger partial charge in [0.2, 0.25) is 0 Å². The van der Waals surface area contributed by atoms with Crippen LogP contribution >= 0.6 is 0 Å². The highest BCUT2D eigenvalue weighted by atomic mass is 16.6. The van der Waals surface area contributed by atoms with E-state index >= 15 is 0 Å². The normalized spacial score (nSPS) is 11.2. The molecule has 0 fully saturated rings. The molecule has 1 unspecified atom stereocenters. The molecule has 0 bridgehead atoms. The molecule has 0 spiro atoms. The largest absolute Gasteiger partial charge is 0.463 e. The topological polar surface area (TPSA) is 76.0 Å². The standard InChI is InChI=1S/C6H12O3.C2H6O2/c1-5(8-3)4-9-6(2)7;3-1-2-4/h5H,4H2,1-3H3;3-4H,1-2H2. The predicted octanol–water partition coefficient (Wildman–Crippen LogP) is -0.445. The molecule has 0 rings (SSSR count). The van der Waals surface area contributed by atoms with E-state index in [2.05, 4.69) is 4.74 Å². The van der Waals surface area contributed by atoms with Gasteiger partial charge in [0.15, 0.2) is 0 Å². The fraction of sp³-hybridized carbons (Fsp3) is 0.875. The summed E-state index contributed by atoms with van der Waals surface area (Å²) in [5, 5.41) is 15.2. The lowest BCUT2D eigenvalue weighted by atomic mass is 10.4. The van der Waals surface area contributed by atoms with Gasteiger partial charge in [0.05, 0.1) is 19.3 Å². The summed E-state index contributed by atoms with van der Waals surface area (Å²) >= 11 is 0. The first-order valence-corrected chi connectivity index (χ1v) is 3.96. The molecule has 0 aromatic heterocycles. The zero-order valence-corrected chi connectivity index (χ0v) is 8.32. The van der Waals surface area contributed by atoms with Crippen molar-refractivity contribution in [2.45, 2.75) is 20.0 Å². The smallest absolute Gasteiger partial charge is 0.302 e. The third kappa shape index (κ3) is 18.4. The van der Waals surface area contributed by atoms with Crippen molar-refractivity contribution in [3.63, 3.8) is 0 Å². The van der Waals surface area contributed by atoms with E-state index in [0.29, 0.717) is 6.61 Å². The molecular weight excluding hydrogens is 176 g/mol. The maximum atomic E-state index is 10.2. The molecule has 0 aliphatic carbocycles. The number of carbonyl (C=O) groups excluding carboxylic acids is 1. The molecule has 0 aliphatic heterocycles. The summed E-state index contributed by atoms with van der Waals surface area (Å²) in [5.74, 6) is -0.265. The van der Waals surface area contributed by atoms with E-state index in [-0.39, 0.29) is 25.3 Å². The van der Waals surface area contributed by atoms with Gasteiger partial charge in [0, 0.05) is 14.0 Å². The Kier molecular flexibility index (Phi) is 13.0. The second-order valence-electron chi connectivity index (χ2n) is 2.30. The lowest BCUT2D eigenvalue weighted by molar-refractivity contribution is -0.144. The van der Waals surface area contributed by atoms with Crippen molar-refractivity contribution in [2.75, 3.05) is 26.9 Å². The highest BCUT2D eigenvalue weighted by Gasteiger charge is 1.99. The Morgan fingerprint density at radius 3 is 2.08 bits per heavy atom. The van der Waals surface area contributed by atoms with E-state index in [9.17, 15) is 4.79 Å². The van der Waals surface area contributed by atoms with Crippen molar-refractivity contribution in [1.82, 2.24) is 0 Å². The van der Waals surface area contributed by atoms with E-state index in [1.165, 1.54) is 6.92 Å². The number of methoxy groups -OCH3 is 1. The predicted molar refractivity (Wildman–Crippen MR) is 47.3 cm³/mol. The summed E-state index contributed by atoms with van der Waals surface area (Å²) in [6.07, 6.45) is -0.00565. The van der Waals surface area contributed by atoms with Gasteiger partial charge in [-0.1, -0.05) is 0 Å². The van der Waals surface area contributed by atoms with E-state index in [4.69, 9.17) is 14.9 Å². The van der Waals surface area contributed by atoms with Crippen LogP contribution in [0.2, 0.25) is 0 Å². The monoisotopic (exact) mass is 194 g/mol. The number of esters is 1. The SMILES string of the molecule is COC(C)COC(C)=O.OCCO. The van der Waals surface area contributed by atoms with Gasteiger partial charge in [-0.15, -0.1) is 0 Å². The van der Waals surface area contributed by atoms with Crippen molar-refractivity contribution in [3.8, 4) is 0 Å². The molecule has 0 aliphatic rings. The Bertz CT molecular complexity index is 113. The van der Waals surface area contributed by atoms with Gasteiger partial charge < -0.3 is 19.7 Å². The van der Waals surface area contributed by atoms with E-state index < -0.39 is 0 Å². The number of hydrogen-bond donors (Lipinski definition) is 2. The van der Waals surface area contributed by atoms with Crippen molar-refractivity contribution in [3.05, 3.63) is 0 Å². The van der Waals surface area contributed by atoms with Crippen molar-refractivity contribution >= 4 is 5.97 Å². The number of hydrogen-bond acceptors (Lipinski definition) is 5. The third-order valence-electron chi connectivity index (χ3n) is 1.02. The molecule has 0 saturated carbocycles. The maximum absolute atomic E-state index is 10.2. The second kappa shape index (κ2) is 11.4. The summed E-state index contributed by atoms with van der Waals surface area (Å²) in [7, 11) is 1.58. The number of aliphatic hydroxyl groups excluding tert-OH is 2. The Morgan fingerprint density at radius 2 is 1.85 bits per heavy atom. The highest BCUT2D eigenvalue weighted by Crippen LogP contribution is 1.88. The van der Waals surface area contributed by atoms with E-state index in [0.717, 1.165) is 0 Å². The Morgan fingerprint density at radius 1 is 1.38 bits per heavy atom. The lowest BCUT2D eigenvalue weighted by Gasteiger charge is -2.07. The first-order chi connectivity index (χ1) is 6.08. The maximum Gasteiger partial charge on any atom is 0.302 e. The minimum atomic E-state index is -0.265.